The Morgan fingerprint density at radius 3 is 2.53 bits per heavy atom. The molecule has 1 heterocycles. The van der Waals surface area contributed by atoms with Crippen molar-refractivity contribution in [3.8, 4) is 0 Å². The van der Waals surface area contributed by atoms with Gasteiger partial charge < -0.3 is 4.74 Å². The van der Waals surface area contributed by atoms with Crippen molar-refractivity contribution >= 4 is 0 Å². The third kappa shape index (κ3) is 2.60. The number of rotatable bonds is 2. The summed E-state index contributed by atoms with van der Waals surface area (Å²) in [6.07, 6.45) is -1.24. The van der Waals surface area contributed by atoms with Crippen LogP contribution in [0.15, 0.2) is 24.3 Å². The molecule has 1 fully saturated rings. The van der Waals surface area contributed by atoms with E-state index in [1.165, 1.54) is 0 Å². The smallest absolute Gasteiger partial charge is 0.246 e. The lowest BCUT2D eigenvalue weighted by Gasteiger charge is -2.27. The van der Waals surface area contributed by atoms with E-state index in [1.54, 1.807) is 0 Å². The molecular formula is C12H10F3NO3. The van der Waals surface area contributed by atoms with Crippen LogP contribution < -0.4 is 0 Å². The second kappa shape index (κ2) is 5.00. The summed E-state index contributed by atoms with van der Waals surface area (Å²) in [4.78, 5) is 10.3. The van der Waals surface area contributed by atoms with Crippen LogP contribution in [-0.4, -0.2) is 17.6 Å². The highest BCUT2D eigenvalue weighted by Crippen LogP contribution is 2.34. The van der Waals surface area contributed by atoms with Gasteiger partial charge in [0, 0.05) is 23.0 Å². The maximum absolute atomic E-state index is 13.6. The van der Waals surface area contributed by atoms with Gasteiger partial charge in [-0.15, -0.1) is 0 Å². The highest BCUT2D eigenvalue weighted by atomic mass is 19.2. The van der Waals surface area contributed by atoms with Crippen LogP contribution in [0.5, 0.6) is 0 Å². The molecule has 1 aromatic rings. The number of benzene rings is 1. The van der Waals surface area contributed by atoms with Crippen molar-refractivity contribution in [3.63, 3.8) is 0 Å². The van der Waals surface area contributed by atoms with E-state index in [0.717, 1.165) is 0 Å². The Labute approximate surface area is 106 Å². The normalized spacial score (nSPS) is 23.4. The van der Waals surface area contributed by atoms with Gasteiger partial charge in [0.1, 0.15) is 5.82 Å². The minimum atomic E-state index is -1.35. The molecule has 0 amide bonds. The minimum Gasteiger partial charge on any atom is -0.362 e. The second-order valence-corrected chi connectivity index (χ2v) is 4.33. The van der Waals surface area contributed by atoms with Gasteiger partial charge in [0.05, 0.1) is 6.61 Å². The third-order valence-electron chi connectivity index (χ3n) is 2.93. The fourth-order valence-corrected chi connectivity index (χ4v) is 2.02. The van der Waals surface area contributed by atoms with E-state index in [-0.39, 0.29) is 18.6 Å². The average molecular weight is 273 g/mol. The SMILES string of the molecule is C=C1COC(c2cc(F)c(F)cc2F)[C@@H]([N+](=O)[O-])C1. The molecule has 0 saturated carbocycles. The number of halogens is 3. The average Bonchev–Trinajstić information content (AvgIpc) is 2.34. The van der Waals surface area contributed by atoms with Crippen molar-refractivity contribution in [2.75, 3.05) is 6.61 Å². The van der Waals surface area contributed by atoms with Crippen molar-refractivity contribution < 1.29 is 22.8 Å². The molecule has 19 heavy (non-hydrogen) atoms. The van der Waals surface area contributed by atoms with E-state index in [1.807, 2.05) is 0 Å². The number of hydrogen-bond acceptors (Lipinski definition) is 3. The Morgan fingerprint density at radius 2 is 1.89 bits per heavy atom. The first-order chi connectivity index (χ1) is 8.90. The first-order valence-electron chi connectivity index (χ1n) is 5.46. The van der Waals surface area contributed by atoms with Gasteiger partial charge in [0.25, 0.3) is 0 Å². The van der Waals surface area contributed by atoms with E-state index < -0.39 is 34.5 Å². The predicted molar refractivity (Wildman–Crippen MR) is 59.5 cm³/mol. The zero-order chi connectivity index (χ0) is 14.2. The van der Waals surface area contributed by atoms with Gasteiger partial charge in [-0.2, -0.15) is 0 Å². The summed E-state index contributed by atoms with van der Waals surface area (Å²) in [7, 11) is 0. The highest BCUT2D eigenvalue weighted by Gasteiger charge is 2.39. The Kier molecular flexibility index (Phi) is 3.57. The van der Waals surface area contributed by atoms with E-state index in [0.29, 0.717) is 17.7 Å². The summed E-state index contributed by atoms with van der Waals surface area (Å²) in [5.74, 6) is -3.69. The molecule has 0 radical (unpaired) electrons. The van der Waals surface area contributed by atoms with Crippen molar-refractivity contribution in [3.05, 3.63) is 57.4 Å². The summed E-state index contributed by atoms with van der Waals surface area (Å²) >= 11 is 0. The van der Waals surface area contributed by atoms with Crippen LogP contribution in [0.2, 0.25) is 0 Å². The Morgan fingerprint density at radius 1 is 1.26 bits per heavy atom. The molecule has 1 aliphatic heterocycles. The molecule has 1 unspecified atom stereocenters. The highest BCUT2D eigenvalue weighted by molar-refractivity contribution is 5.25. The van der Waals surface area contributed by atoms with Crippen molar-refractivity contribution in [2.24, 2.45) is 0 Å². The van der Waals surface area contributed by atoms with Gasteiger partial charge in [-0.1, -0.05) is 6.58 Å². The first-order valence-corrected chi connectivity index (χ1v) is 5.46. The van der Waals surface area contributed by atoms with Crippen molar-refractivity contribution in [1.29, 1.82) is 0 Å². The Hall–Kier alpha value is -1.89. The molecule has 0 aromatic heterocycles. The van der Waals surface area contributed by atoms with Gasteiger partial charge in [-0.25, -0.2) is 13.2 Å². The molecule has 2 rings (SSSR count). The first kappa shape index (κ1) is 13.5. The molecule has 102 valence electrons. The summed E-state index contributed by atoms with van der Waals surface area (Å²) in [6.45, 7) is 3.59. The molecule has 2 atom stereocenters. The lowest BCUT2D eigenvalue weighted by atomic mass is 9.94. The lowest BCUT2D eigenvalue weighted by molar-refractivity contribution is -0.539. The number of nitrogens with zero attached hydrogens (tertiary/aromatic N) is 1. The zero-order valence-electron chi connectivity index (χ0n) is 9.74. The van der Waals surface area contributed by atoms with Gasteiger partial charge in [0.15, 0.2) is 17.7 Å². The fraction of sp³-hybridized carbons (Fsp3) is 0.333. The van der Waals surface area contributed by atoms with Crippen LogP contribution >= 0.6 is 0 Å². The van der Waals surface area contributed by atoms with Crippen molar-refractivity contribution in [2.45, 2.75) is 18.6 Å². The standard InChI is InChI=1S/C12H10F3NO3/c1-6-2-11(16(17)18)12(19-5-6)7-3-9(14)10(15)4-8(7)13/h3-4,11-12H,1-2,5H2/t11-,12?/m0/s1. The molecular weight excluding hydrogens is 263 g/mol. The summed E-state index contributed by atoms with van der Waals surface area (Å²) < 4.78 is 44.7. The van der Waals surface area contributed by atoms with Crippen LogP contribution in [0.1, 0.15) is 18.1 Å². The topological polar surface area (TPSA) is 52.4 Å². The number of hydrogen-bond donors (Lipinski definition) is 0. The summed E-state index contributed by atoms with van der Waals surface area (Å²) in [6, 6.07) is -0.311. The van der Waals surface area contributed by atoms with E-state index in [4.69, 9.17) is 4.74 Å². The maximum atomic E-state index is 13.6. The van der Waals surface area contributed by atoms with Crippen LogP contribution in [0.4, 0.5) is 13.2 Å². The quantitative estimate of drug-likeness (QED) is 0.360. The lowest BCUT2D eigenvalue weighted by Crippen LogP contribution is -2.35. The molecule has 1 aromatic carbocycles. The van der Waals surface area contributed by atoms with Crippen LogP contribution in [-0.2, 0) is 4.74 Å². The molecule has 1 aliphatic rings. The monoisotopic (exact) mass is 273 g/mol. The second-order valence-electron chi connectivity index (χ2n) is 4.33. The van der Waals surface area contributed by atoms with Crippen LogP contribution in [0.25, 0.3) is 0 Å². The molecule has 0 bridgehead atoms. The minimum absolute atomic E-state index is 0.0100. The molecule has 7 heteroatoms. The summed E-state index contributed by atoms with van der Waals surface area (Å²) in [5.41, 5.74) is 0.147. The van der Waals surface area contributed by atoms with Gasteiger partial charge in [-0.05, 0) is 11.6 Å². The number of nitro groups is 1. The molecule has 0 aliphatic carbocycles. The largest absolute Gasteiger partial charge is 0.362 e. The van der Waals surface area contributed by atoms with Gasteiger partial charge in [-0.3, -0.25) is 10.1 Å². The fourth-order valence-electron chi connectivity index (χ4n) is 2.02. The summed E-state index contributed by atoms with van der Waals surface area (Å²) in [5, 5.41) is 10.9. The molecule has 0 spiro atoms. The van der Waals surface area contributed by atoms with E-state index >= 15 is 0 Å². The molecule has 0 N–H and O–H groups in total. The Bertz CT molecular complexity index is 547. The van der Waals surface area contributed by atoms with E-state index in [9.17, 15) is 23.3 Å². The molecule has 4 nitrogen and oxygen atoms in total. The van der Waals surface area contributed by atoms with Gasteiger partial charge >= 0.3 is 0 Å². The van der Waals surface area contributed by atoms with Crippen molar-refractivity contribution in [1.82, 2.24) is 0 Å². The predicted octanol–water partition coefficient (Wildman–Crippen LogP) is 2.77. The third-order valence-corrected chi connectivity index (χ3v) is 2.93. The maximum Gasteiger partial charge on any atom is 0.246 e. The van der Waals surface area contributed by atoms with E-state index in [2.05, 4.69) is 6.58 Å². The Balaban J connectivity index is 2.41. The van der Waals surface area contributed by atoms with Crippen LogP contribution in [0, 0.1) is 27.6 Å². The number of ether oxygens (including phenoxy) is 1. The molecule has 1 saturated heterocycles. The van der Waals surface area contributed by atoms with Gasteiger partial charge in [0.2, 0.25) is 6.04 Å². The van der Waals surface area contributed by atoms with Crippen LogP contribution in [0.3, 0.4) is 0 Å². The zero-order valence-corrected chi connectivity index (χ0v) is 9.74.